The van der Waals surface area contributed by atoms with Gasteiger partial charge in [-0.25, -0.2) is 9.97 Å². The lowest BCUT2D eigenvalue weighted by Crippen LogP contribution is -1.97. The molecule has 0 saturated heterocycles. The summed E-state index contributed by atoms with van der Waals surface area (Å²) in [6.45, 7) is 5.51. The molecule has 1 heterocycles. The number of nitrogen functional groups attached to an aromatic ring is 1. The molecule has 0 aliphatic rings. The van der Waals surface area contributed by atoms with Crippen LogP contribution in [0.1, 0.15) is 12.6 Å². The van der Waals surface area contributed by atoms with Crippen LogP contribution in [0.15, 0.2) is 12.8 Å². The molecule has 0 unspecified atom stereocenters. The van der Waals surface area contributed by atoms with E-state index in [-0.39, 0.29) is 5.28 Å². The molecule has 0 fully saturated rings. The van der Waals surface area contributed by atoms with Crippen LogP contribution in [0.2, 0.25) is 5.28 Å². The van der Waals surface area contributed by atoms with E-state index >= 15 is 0 Å². The van der Waals surface area contributed by atoms with Gasteiger partial charge >= 0.3 is 0 Å². The zero-order valence-corrected chi connectivity index (χ0v) is 6.89. The van der Waals surface area contributed by atoms with Gasteiger partial charge in [-0.2, -0.15) is 0 Å². The van der Waals surface area contributed by atoms with Crippen LogP contribution in [-0.4, -0.2) is 9.97 Å². The molecule has 1 aromatic heterocycles. The average molecular weight is 170 g/mol. The van der Waals surface area contributed by atoms with Crippen molar-refractivity contribution in [3.8, 4) is 0 Å². The molecule has 0 aromatic carbocycles. The predicted molar refractivity (Wildman–Crippen MR) is 46.2 cm³/mol. The fourth-order valence-electron chi connectivity index (χ4n) is 0.711. The number of allylic oxidation sites excluding steroid dienone is 1. The second kappa shape index (κ2) is 2.88. The molecule has 4 heteroatoms. The van der Waals surface area contributed by atoms with E-state index in [1.165, 1.54) is 6.20 Å². The standard InChI is InChI=1S/C7H8ClN3/c1-4(2)6-5(9)3-10-7(8)11-6/h3H,1,9H2,2H3. The van der Waals surface area contributed by atoms with E-state index in [2.05, 4.69) is 16.5 Å². The fourth-order valence-corrected chi connectivity index (χ4v) is 0.845. The molecule has 0 radical (unpaired) electrons. The summed E-state index contributed by atoms with van der Waals surface area (Å²) in [6.07, 6.45) is 1.47. The lowest BCUT2D eigenvalue weighted by molar-refractivity contribution is 1.15. The largest absolute Gasteiger partial charge is 0.396 e. The van der Waals surface area contributed by atoms with Crippen molar-refractivity contribution in [2.24, 2.45) is 0 Å². The van der Waals surface area contributed by atoms with E-state index in [9.17, 15) is 0 Å². The number of nitrogens with zero attached hydrogens (tertiary/aromatic N) is 2. The maximum absolute atomic E-state index is 5.55. The molecule has 0 bridgehead atoms. The summed E-state index contributed by atoms with van der Waals surface area (Å²) in [5.41, 5.74) is 7.45. The highest BCUT2D eigenvalue weighted by Crippen LogP contribution is 2.17. The van der Waals surface area contributed by atoms with Crippen molar-refractivity contribution < 1.29 is 0 Å². The Morgan fingerprint density at radius 1 is 1.73 bits per heavy atom. The highest BCUT2D eigenvalue weighted by atomic mass is 35.5. The zero-order chi connectivity index (χ0) is 8.43. The molecule has 58 valence electrons. The van der Waals surface area contributed by atoms with Gasteiger partial charge in [0, 0.05) is 0 Å². The fraction of sp³-hybridized carbons (Fsp3) is 0.143. The first-order chi connectivity index (χ1) is 5.11. The molecule has 0 amide bonds. The molecule has 1 rings (SSSR count). The molecular weight excluding hydrogens is 162 g/mol. The Labute approximate surface area is 69.9 Å². The second-order valence-corrected chi connectivity index (χ2v) is 2.56. The Hall–Kier alpha value is -1.09. The Kier molecular flexibility index (Phi) is 2.10. The molecule has 11 heavy (non-hydrogen) atoms. The number of hydrogen-bond donors (Lipinski definition) is 1. The van der Waals surface area contributed by atoms with Crippen LogP contribution in [0.4, 0.5) is 5.69 Å². The van der Waals surface area contributed by atoms with Gasteiger partial charge in [-0.3, -0.25) is 0 Å². The van der Waals surface area contributed by atoms with Crippen molar-refractivity contribution in [2.45, 2.75) is 6.92 Å². The van der Waals surface area contributed by atoms with E-state index < -0.39 is 0 Å². The predicted octanol–water partition coefficient (Wildman–Crippen LogP) is 1.75. The summed E-state index contributed by atoms with van der Waals surface area (Å²) >= 11 is 5.54. The Bertz CT molecular complexity index is 296. The molecule has 1 aromatic rings. The molecular formula is C7H8ClN3. The van der Waals surface area contributed by atoms with Crippen LogP contribution in [0.25, 0.3) is 5.57 Å². The van der Waals surface area contributed by atoms with Crippen molar-refractivity contribution >= 4 is 22.9 Å². The molecule has 0 saturated carbocycles. The van der Waals surface area contributed by atoms with Crippen molar-refractivity contribution in [1.82, 2.24) is 9.97 Å². The number of hydrogen-bond acceptors (Lipinski definition) is 3. The normalized spacial score (nSPS) is 9.64. The lowest BCUT2D eigenvalue weighted by Gasteiger charge is -2.01. The topological polar surface area (TPSA) is 51.8 Å². The third kappa shape index (κ3) is 1.68. The molecule has 0 spiro atoms. The third-order valence-electron chi connectivity index (χ3n) is 1.19. The molecule has 0 atom stereocenters. The summed E-state index contributed by atoms with van der Waals surface area (Å²) in [5, 5.41) is 0.192. The summed E-state index contributed by atoms with van der Waals surface area (Å²) < 4.78 is 0. The molecule has 0 aliphatic heterocycles. The van der Waals surface area contributed by atoms with Crippen molar-refractivity contribution in [3.63, 3.8) is 0 Å². The summed E-state index contributed by atoms with van der Waals surface area (Å²) in [6, 6.07) is 0. The second-order valence-electron chi connectivity index (χ2n) is 2.22. The summed E-state index contributed by atoms with van der Waals surface area (Å²) in [7, 11) is 0. The first-order valence-corrected chi connectivity index (χ1v) is 3.43. The maximum atomic E-state index is 5.55. The number of anilines is 1. The monoisotopic (exact) mass is 169 g/mol. The van der Waals surface area contributed by atoms with Gasteiger partial charge in [0.2, 0.25) is 5.28 Å². The van der Waals surface area contributed by atoms with Gasteiger partial charge in [0.15, 0.2) is 0 Å². The van der Waals surface area contributed by atoms with E-state index in [0.29, 0.717) is 11.4 Å². The first kappa shape index (κ1) is 8.01. The smallest absolute Gasteiger partial charge is 0.223 e. The van der Waals surface area contributed by atoms with E-state index in [4.69, 9.17) is 17.3 Å². The van der Waals surface area contributed by atoms with Crippen LogP contribution in [-0.2, 0) is 0 Å². The van der Waals surface area contributed by atoms with Gasteiger partial charge < -0.3 is 5.73 Å². The molecule has 3 nitrogen and oxygen atoms in total. The minimum atomic E-state index is 0.192. The van der Waals surface area contributed by atoms with Crippen molar-refractivity contribution in [3.05, 3.63) is 23.8 Å². The number of aromatic nitrogens is 2. The lowest BCUT2D eigenvalue weighted by atomic mass is 10.2. The maximum Gasteiger partial charge on any atom is 0.223 e. The Morgan fingerprint density at radius 2 is 2.36 bits per heavy atom. The van der Waals surface area contributed by atoms with Crippen LogP contribution >= 0.6 is 11.6 Å². The van der Waals surface area contributed by atoms with Gasteiger partial charge in [-0.15, -0.1) is 0 Å². The third-order valence-corrected chi connectivity index (χ3v) is 1.37. The van der Waals surface area contributed by atoms with Gasteiger partial charge in [0.25, 0.3) is 0 Å². The van der Waals surface area contributed by atoms with Crippen LogP contribution < -0.4 is 5.73 Å². The van der Waals surface area contributed by atoms with Crippen molar-refractivity contribution in [2.75, 3.05) is 5.73 Å². The first-order valence-electron chi connectivity index (χ1n) is 3.05. The quantitative estimate of drug-likeness (QED) is 0.652. The van der Waals surface area contributed by atoms with E-state index in [0.717, 1.165) is 5.57 Å². The van der Waals surface area contributed by atoms with E-state index in [1.807, 2.05) is 6.92 Å². The molecule has 0 aliphatic carbocycles. The number of halogens is 1. The minimum Gasteiger partial charge on any atom is -0.396 e. The highest BCUT2D eigenvalue weighted by molar-refractivity contribution is 6.28. The van der Waals surface area contributed by atoms with E-state index in [1.54, 1.807) is 0 Å². The average Bonchev–Trinajstić information content (AvgIpc) is 1.94. The zero-order valence-electron chi connectivity index (χ0n) is 6.13. The number of nitrogens with two attached hydrogens (primary N) is 1. The minimum absolute atomic E-state index is 0.192. The van der Waals surface area contributed by atoms with Crippen LogP contribution in [0.5, 0.6) is 0 Å². The Morgan fingerprint density at radius 3 is 2.82 bits per heavy atom. The van der Waals surface area contributed by atoms with Crippen molar-refractivity contribution in [1.29, 1.82) is 0 Å². The SMILES string of the molecule is C=C(C)c1nc(Cl)ncc1N. The molecule has 2 N–H and O–H groups in total. The summed E-state index contributed by atoms with van der Waals surface area (Å²) in [5.74, 6) is 0. The highest BCUT2D eigenvalue weighted by Gasteiger charge is 2.02. The van der Waals surface area contributed by atoms with Crippen LogP contribution in [0.3, 0.4) is 0 Å². The van der Waals surface area contributed by atoms with Crippen LogP contribution in [0, 0.1) is 0 Å². The van der Waals surface area contributed by atoms with Gasteiger partial charge in [0.05, 0.1) is 17.6 Å². The summed E-state index contributed by atoms with van der Waals surface area (Å²) in [4.78, 5) is 7.61. The van der Waals surface area contributed by atoms with Gasteiger partial charge in [-0.1, -0.05) is 6.58 Å². The number of rotatable bonds is 1. The Balaban J connectivity index is 3.23. The van der Waals surface area contributed by atoms with Gasteiger partial charge in [-0.05, 0) is 24.1 Å². The van der Waals surface area contributed by atoms with Gasteiger partial charge in [0.1, 0.15) is 0 Å².